The van der Waals surface area contributed by atoms with E-state index in [2.05, 4.69) is 20.8 Å². The predicted molar refractivity (Wildman–Crippen MR) is 136 cm³/mol. The maximum Gasteiger partial charge on any atom is 0.416 e. The molecule has 4 aromatic rings. The first-order valence-electron chi connectivity index (χ1n) is 10.8. The minimum Gasteiger partial charge on any atom is -0.378 e. The van der Waals surface area contributed by atoms with Crippen molar-refractivity contribution in [2.75, 3.05) is 10.6 Å². The van der Waals surface area contributed by atoms with Crippen LogP contribution in [0.3, 0.4) is 0 Å². The number of anilines is 2. The van der Waals surface area contributed by atoms with E-state index in [0.29, 0.717) is 27.4 Å². The molecule has 36 heavy (non-hydrogen) atoms. The van der Waals surface area contributed by atoms with Gasteiger partial charge in [-0.1, -0.05) is 53.7 Å². The molecule has 0 bridgehead atoms. The van der Waals surface area contributed by atoms with E-state index in [1.54, 1.807) is 41.8 Å². The van der Waals surface area contributed by atoms with Crippen molar-refractivity contribution in [1.82, 2.24) is 14.8 Å². The average molecular weight is 532 g/mol. The van der Waals surface area contributed by atoms with Gasteiger partial charge in [-0.05, 0) is 55.5 Å². The first-order chi connectivity index (χ1) is 17.2. The highest BCUT2D eigenvalue weighted by atomic mass is 35.5. The zero-order valence-corrected chi connectivity index (χ0v) is 20.5. The van der Waals surface area contributed by atoms with Crippen molar-refractivity contribution in [3.8, 4) is 5.69 Å². The number of hydrogen-bond acceptors (Lipinski definition) is 5. The second-order valence-corrected chi connectivity index (χ2v) is 9.51. The predicted octanol–water partition coefficient (Wildman–Crippen LogP) is 6.67. The van der Waals surface area contributed by atoms with Crippen LogP contribution < -0.4 is 10.6 Å². The van der Waals surface area contributed by atoms with Crippen LogP contribution in [0.1, 0.15) is 18.3 Å². The molecule has 2 N–H and O–H groups in total. The largest absolute Gasteiger partial charge is 0.416 e. The molecule has 0 aliphatic rings. The molecule has 0 aliphatic heterocycles. The zero-order valence-electron chi connectivity index (χ0n) is 19.0. The molecule has 4 rings (SSSR count). The average Bonchev–Trinajstić information content (AvgIpc) is 3.25. The van der Waals surface area contributed by atoms with E-state index in [1.807, 2.05) is 30.3 Å². The Balaban J connectivity index is 1.54. The third-order valence-electron chi connectivity index (χ3n) is 5.10. The number of hydrogen-bond donors (Lipinski definition) is 2. The van der Waals surface area contributed by atoms with E-state index in [1.165, 1.54) is 17.8 Å². The second-order valence-electron chi connectivity index (χ2n) is 7.76. The van der Waals surface area contributed by atoms with Crippen molar-refractivity contribution >= 4 is 40.6 Å². The van der Waals surface area contributed by atoms with Crippen molar-refractivity contribution in [2.24, 2.45) is 0 Å². The first-order valence-corrected chi connectivity index (χ1v) is 12.1. The van der Waals surface area contributed by atoms with E-state index in [-0.39, 0.29) is 12.5 Å². The number of rotatable bonds is 8. The third-order valence-corrected chi connectivity index (χ3v) is 6.38. The lowest BCUT2D eigenvalue weighted by atomic mass is 10.2. The summed E-state index contributed by atoms with van der Waals surface area (Å²) in [4.78, 5) is 12.8. The summed E-state index contributed by atoms with van der Waals surface area (Å²) in [5.41, 5.74) is 0.896. The number of amides is 1. The van der Waals surface area contributed by atoms with Gasteiger partial charge in [-0.3, -0.25) is 9.36 Å². The Kier molecular flexibility index (Phi) is 7.85. The molecule has 1 amide bonds. The SMILES string of the molecule is C[C@H](Sc1nnc(CNc2cccc(C(F)(F)F)c2)n1-c1ccccc1)C(=O)Nc1cccc(Cl)c1. The molecule has 0 aliphatic carbocycles. The number of nitrogens with zero attached hydrogens (tertiary/aromatic N) is 3. The molecule has 186 valence electrons. The minimum atomic E-state index is -4.44. The molecule has 11 heteroatoms. The molecule has 0 unspecified atom stereocenters. The highest BCUT2D eigenvalue weighted by Gasteiger charge is 2.30. The lowest BCUT2D eigenvalue weighted by molar-refractivity contribution is -0.137. The molecule has 0 radical (unpaired) electrons. The number of carbonyl (C=O) groups excluding carboxylic acids is 1. The van der Waals surface area contributed by atoms with Gasteiger partial charge in [-0.2, -0.15) is 13.2 Å². The number of nitrogens with one attached hydrogen (secondary N) is 2. The minimum absolute atomic E-state index is 0.118. The highest BCUT2D eigenvalue weighted by Crippen LogP contribution is 2.31. The van der Waals surface area contributed by atoms with E-state index in [4.69, 9.17) is 11.6 Å². The van der Waals surface area contributed by atoms with Crippen LogP contribution in [0.2, 0.25) is 5.02 Å². The Morgan fingerprint density at radius 3 is 2.44 bits per heavy atom. The Labute approximate surface area is 214 Å². The Hall–Kier alpha value is -3.50. The summed E-state index contributed by atoms with van der Waals surface area (Å²) in [6, 6.07) is 21.1. The molecule has 0 saturated heterocycles. The monoisotopic (exact) mass is 531 g/mol. The van der Waals surface area contributed by atoms with Crippen molar-refractivity contribution in [1.29, 1.82) is 0 Å². The number of alkyl halides is 3. The summed E-state index contributed by atoms with van der Waals surface area (Å²) in [6.07, 6.45) is -4.44. The lowest BCUT2D eigenvalue weighted by Gasteiger charge is -2.15. The van der Waals surface area contributed by atoms with Gasteiger partial charge in [0.25, 0.3) is 0 Å². The molecule has 1 aromatic heterocycles. The van der Waals surface area contributed by atoms with Crippen LogP contribution in [-0.4, -0.2) is 25.9 Å². The van der Waals surface area contributed by atoms with Gasteiger partial charge in [0.15, 0.2) is 11.0 Å². The number of carbonyl (C=O) groups is 1. The highest BCUT2D eigenvalue weighted by molar-refractivity contribution is 8.00. The summed E-state index contributed by atoms with van der Waals surface area (Å²) >= 11 is 7.21. The normalized spacial score (nSPS) is 12.2. The summed E-state index contributed by atoms with van der Waals surface area (Å²) in [5, 5.41) is 14.8. The second kappa shape index (κ2) is 11.0. The summed E-state index contributed by atoms with van der Waals surface area (Å²) < 4.78 is 41.0. The summed E-state index contributed by atoms with van der Waals surface area (Å²) in [5.74, 6) is 0.233. The Morgan fingerprint density at radius 1 is 1.00 bits per heavy atom. The molecule has 0 fully saturated rings. The smallest absolute Gasteiger partial charge is 0.378 e. The number of aromatic nitrogens is 3. The van der Waals surface area contributed by atoms with E-state index in [9.17, 15) is 18.0 Å². The number of para-hydroxylation sites is 1. The quantitative estimate of drug-likeness (QED) is 0.248. The van der Waals surface area contributed by atoms with Crippen LogP contribution in [-0.2, 0) is 17.5 Å². The van der Waals surface area contributed by atoms with E-state index < -0.39 is 17.0 Å². The van der Waals surface area contributed by atoms with Crippen LogP contribution in [0, 0.1) is 0 Å². The first kappa shape index (κ1) is 25.6. The van der Waals surface area contributed by atoms with Crippen LogP contribution in [0.4, 0.5) is 24.5 Å². The zero-order chi connectivity index (χ0) is 25.7. The molecular weight excluding hydrogens is 511 g/mol. The van der Waals surface area contributed by atoms with Crippen molar-refractivity contribution < 1.29 is 18.0 Å². The third kappa shape index (κ3) is 6.38. The molecule has 0 saturated carbocycles. The van der Waals surface area contributed by atoms with Crippen LogP contribution in [0.15, 0.2) is 84.0 Å². The fraction of sp³-hybridized carbons (Fsp3) is 0.160. The van der Waals surface area contributed by atoms with E-state index in [0.717, 1.165) is 17.8 Å². The molecule has 1 heterocycles. The molecule has 1 atom stereocenters. The van der Waals surface area contributed by atoms with Crippen molar-refractivity contribution in [3.63, 3.8) is 0 Å². The maximum absolute atomic E-state index is 13.1. The van der Waals surface area contributed by atoms with Gasteiger partial charge in [-0.25, -0.2) is 0 Å². The van der Waals surface area contributed by atoms with E-state index >= 15 is 0 Å². The standard InChI is InChI=1S/C25H21ClF3N5OS/c1-16(23(35)31-20-10-6-8-18(26)14-20)36-24-33-32-22(34(24)21-11-3-2-4-12-21)15-30-19-9-5-7-17(13-19)25(27,28)29/h2-14,16,30H,15H2,1H3,(H,31,35)/t16-/m0/s1. The van der Waals surface area contributed by atoms with Gasteiger partial charge in [0.2, 0.25) is 5.91 Å². The summed E-state index contributed by atoms with van der Waals surface area (Å²) in [6.45, 7) is 1.86. The van der Waals surface area contributed by atoms with Crippen LogP contribution in [0.25, 0.3) is 5.69 Å². The van der Waals surface area contributed by atoms with Crippen LogP contribution >= 0.6 is 23.4 Å². The molecule has 3 aromatic carbocycles. The maximum atomic E-state index is 13.1. The van der Waals surface area contributed by atoms with Gasteiger partial charge in [0, 0.05) is 22.1 Å². The van der Waals surface area contributed by atoms with Crippen LogP contribution in [0.5, 0.6) is 0 Å². The van der Waals surface area contributed by atoms with Gasteiger partial charge in [0.1, 0.15) is 0 Å². The summed E-state index contributed by atoms with van der Waals surface area (Å²) in [7, 11) is 0. The Bertz CT molecular complexity index is 1350. The molecular formula is C25H21ClF3N5OS. The number of halogens is 4. The van der Waals surface area contributed by atoms with Gasteiger partial charge >= 0.3 is 6.18 Å². The van der Waals surface area contributed by atoms with Gasteiger partial charge < -0.3 is 10.6 Å². The lowest BCUT2D eigenvalue weighted by Crippen LogP contribution is -2.23. The molecule has 6 nitrogen and oxygen atoms in total. The topological polar surface area (TPSA) is 71.8 Å². The fourth-order valence-electron chi connectivity index (χ4n) is 3.34. The van der Waals surface area contributed by atoms with Gasteiger partial charge in [0.05, 0.1) is 17.4 Å². The fourth-order valence-corrected chi connectivity index (χ4v) is 4.41. The van der Waals surface area contributed by atoms with Crippen molar-refractivity contribution in [3.05, 3.63) is 95.3 Å². The van der Waals surface area contributed by atoms with Gasteiger partial charge in [-0.15, -0.1) is 10.2 Å². The number of thioether (sulfide) groups is 1. The molecule has 0 spiro atoms. The van der Waals surface area contributed by atoms with Crippen molar-refractivity contribution in [2.45, 2.75) is 30.1 Å². The Morgan fingerprint density at radius 2 is 1.72 bits per heavy atom. The number of benzene rings is 3.